The topological polar surface area (TPSA) is 42.0 Å². The number of carbonyl (C=O) groups is 1. The molecule has 17 heavy (non-hydrogen) atoms. The lowest BCUT2D eigenvalue weighted by atomic mass is 10.1. The van der Waals surface area contributed by atoms with Gasteiger partial charge in [-0.1, -0.05) is 17.7 Å². The van der Waals surface area contributed by atoms with Crippen molar-refractivity contribution < 1.29 is 9.18 Å². The number of benzene rings is 1. The van der Waals surface area contributed by atoms with E-state index in [0.717, 1.165) is 5.56 Å². The monoisotopic (exact) mass is 230 g/mol. The smallest absolute Gasteiger partial charge is 0.255 e. The van der Waals surface area contributed by atoms with Gasteiger partial charge in [-0.05, 0) is 31.2 Å². The van der Waals surface area contributed by atoms with Gasteiger partial charge in [-0.15, -0.1) is 0 Å². The molecular formula is C13H11FN2O. The number of carbonyl (C=O) groups excluding carboxylic acids is 1. The van der Waals surface area contributed by atoms with E-state index in [1.165, 1.54) is 18.3 Å². The number of hydrogen-bond donors (Lipinski definition) is 1. The lowest BCUT2D eigenvalue weighted by Gasteiger charge is -2.05. The molecule has 0 atom stereocenters. The molecule has 2 aromatic rings. The third kappa shape index (κ3) is 2.87. The molecule has 0 saturated carbocycles. The van der Waals surface area contributed by atoms with Crippen LogP contribution in [0.1, 0.15) is 15.9 Å². The van der Waals surface area contributed by atoms with Gasteiger partial charge in [0.2, 0.25) is 5.95 Å². The molecular weight excluding hydrogens is 219 g/mol. The van der Waals surface area contributed by atoms with Gasteiger partial charge in [-0.3, -0.25) is 4.79 Å². The van der Waals surface area contributed by atoms with E-state index in [2.05, 4.69) is 10.3 Å². The van der Waals surface area contributed by atoms with Gasteiger partial charge in [0.1, 0.15) is 0 Å². The Morgan fingerprint density at radius 3 is 2.76 bits per heavy atom. The third-order valence-corrected chi connectivity index (χ3v) is 2.27. The Labute approximate surface area is 98.3 Å². The molecule has 1 aromatic heterocycles. The molecule has 0 bridgehead atoms. The Bertz CT molecular complexity index is 537. The van der Waals surface area contributed by atoms with Crippen molar-refractivity contribution in [2.24, 2.45) is 0 Å². The molecule has 2 rings (SSSR count). The number of aryl methyl sites for hydroxylation is 1. The number of nitrogens with zero attached hydrogens (tertiary/aromatic N) is 1. The zero-order valence-corrected chi connectivity index (χ0v) is 9.27. The summed E-state index contributed by atoms with van der Waals surface area (Å²) in [5.74, 6) is -0.805. The van der Waals surface area contributed by atoms with Crippen LogP contribution in [0.15, 0.2) is 42.6 Å². The highest BCUT2D eigenvalue weighted by Crippen LogP contribution is 2.09. The van der Waals surface area contributed by atoms with E-state index in [-0.39, 0.29) is 5.91 Å². The summed E-state index contributed by atoms with van der Waals surface area (Å²) >= 11 is 0. The van der Waals surface area contributed by atoms with Gasteiger partial charge in [0.15, 0.2) is 0 Å². The summed E-state index contributed by atoms with van der Waals surface area (Å²) in [6.07, 6.45) is 1.28. The van der Waals surface area contributed by atoms with E-state index < -0.39 is 5.95 Å². The van der Waals surface area contributed by atoms with Gasteiger partial charge in [0.25, 0.3) is 5.91 Å². The van der Waals surface area contributed by atoms with Gasteiger partial charge in [-0.25, -0.2) is 4.98 Å². The number of aromatic nitrogens is 1. The fourth-order valence-corrected chi connectivity index (χ4v) is 1.44. The predicted molar refractivity (Wildman–Crippen MR) is 63.3 cm³/mol. The maximum Gasteiger partial charge on any atom is 0.255 e. The minimum atomic E-state index is -0.571. The molecule has 0 aliphatic rings. The van der Waals surface area contributed by atoms with E-state index in [9.17, 15) is 9.18 Å². The molecule has 1 heterocycles. The lowest BCUT2D eigenvalue weighted by molar-refractivity contribution is 0.102. The van der Waals surface area contributed by atoms with Gasteiger partial charge in [0, 0.05) is 5.56 Å². The van der Waals surface area contributed by atoms with E-state index >= 15 is 0 Å². The maximum absolute atomic E-state index is 12.6. The molecule has 4 heteroatoms. The molecule has 0 aliphatic heterocycles. The first-order valence-corrected chi connectivity index (χ1v) is 5.15. The molecule has 0 aliphatic carbocycles. The quantitative estimate of drug-likeness (QED) is 0.806. The molecule has 0 unspecified atom stereocenters. The Kier molecular flexibility index (Phi) is 3.14. The zero-order chi connectivity index (χ0) is 12.3. The van der Waals surface area contributed by atoms with Crippen LogP contribution in [-0.2, 0) is 0 Å². The highest BCUT2D eigenvalue weighted by atomic mass is 19.1. The van der Waals surface area contributed by atoms with Crippen LogP contribution in [0, 0.1) is 12.9 Å². The number of halogens is 1. The molecule has 1 amide bonds. The number of rotatable bonds is 2. The average molecular weight is 230 g/mol. The minimum Gasteiger partial charge on any atom is -0.321 e. The van der Waals surface area contributed by atoms with Crippen molar-refractivity contribution in [3.63, 3.8) is 0 Å². The summed E-state index contributed by atoms with van der Waals surface area (Å²) in [6, 6.07) is 9.90. The fourth-order valence-electron chi connectivity index (χ4n) is 1.44. The van der Waals surface area contributed by atoms with Crippen LogP contribution in [0.4, 0.5) is 10.1 Å². The molecule has 0 saturated heterocycles. The Balaban J connectivity index is 2.14. The third-order valence-electron chi connectivity index (χ3n) is 2.27. The predicted octanol–water partition coefficient (Wildman–Crippen LogP) is 2.78. The van der Waals surface area contributed by atoms with Crippen LogP contribution in [0.5, 0.6) is 0 Å². The van der Waals surface area contributed by atoms with Crippen molar-refractivity contribution in [3.05, 3.63) is 59.7 Å². The average Bonchev–Trinajstić information content (AvgIpc) is 2.32. The number of hydrogen-bond acceptors (Lipinski definition) is 2. The molecule has 0 spiro atoms. The standard InChI is InChI=1S/C13H11FN2O/c1-9-3-2-4-10(7-9)13(17)16-11-5-6-12(14)15-8-11/h2-8H,1H3,(H,16,17). The van der Waals surface area contributed by atoms with Crippen LogP contribution in [0.2, 0.25) is 0 Å². The first-order chi connectivity index (χ1) is 8.15. The molecule has 3 nitrogen and oxygen atoms in total. The largest absolute Gasteiger partial charge is 0.321 e. The number of amides is 1. The summed E-state index contributed by atoms with van der Waals surface area (Å²) < 4.78 is 12.6. The van der Waals surface area contributed by atoms with E-state index in [1.807, 2.05) is 19.1 Å². The van der Waals surface area contributed by atoms with E-state index in [4.69, 9.17) is 0 Å². The lowest BCUT2D eigenvalue weighted by Crippen LogP contribution is -2.12. The second kappa shape index (κ2) is 4.74. The Hall–Kier alpha value is -2.23. The number of nitrogens with one attached hydrogen (secondary N) is 1. The van der Waals surface area contributed by atoms with Crippen molar-refractivity contribution in [1.82, 2.24) is 4.98 Å². The summed E-state index contributed by atoms with van der Waals surface area (Å²) in [5.41, 5.74) is 2.04. The summed E-state index contributed by atoms with van der Waals surface area (Å²) in [5, 5.41) is 2.64. The van der Waals surface area contributed by atoms with Crippen LogP contribution < -0.4 is 5.32 Å². The van der Waals surface area contributed by atoms with Crippen LogP contribution in [0.25, 0.3) is 0 Å². The van der Waals surface area contributed by atoms with Gasteiger partial charge >= 0.3 is 0 Å². The molecule has 1 aromatic carbocycles. The first-order valence-electron chi connectivity index (χ1n) is 5.15. The van der Waals surface area contributed by atoms with Crippen molar-refractivity contribution in [2.75, 3.05) is 5.32 Å². The van der Waals surface area contributed by atoms with Gasteiger partial charge in [0.05, 0.1) is 11.9 Å². The van der Waals surface area contributed by atoms with Crippen molar-refractivity contribution in [2.45, 2.75) is 6.92 Å². The normalized spacial score (nSPS) is 10.0. The second-order valence-electron chi connectivity index (χ2n) is 3.69. The van der Waals surface area contributed by atoms with Gasteiger partial charge in [-0.2, -0.15) is 4.39 Å². The van der Waals surface area contributed by atoms with Gasteiger partial charge < -0.3 is 5.32 Å². The molecule has 0 fully saturated rings. The highest BCUT2D eigenvalue weighted by Gasteiger charge is 2.06. The van der Waals surface area contributed by atoms with Crippen LogP contribution in [-0.4, -0.2) is 10.9 Å². The Morgan fingerprint density at radius 1 is 1.29 bits per heavy atom. The van der Waals surface area contributed by atoms with Crippen LogP contribution >= 0.6 is 0 Å². The summed E-state index contributed by atoms with van der Waals surface area (Å²) in [7, 11) is 0. The van der Waals surface area contributed by atoms with Crippen molar-refractivity contribution in [1.29, 1.82) is 0 Å². The molecule has 1 N–H and O–H groups in total. The van der Waals surface area contributed by atoms with E-state index in [0.29, 0.717) is 11.3 Å². The zero-order valence-electron chi connectivity index (χ0n) is 9.27. The SMILES string of the molecule is Cc1cccc(C(=O)Nc2ccc(F)nc2)c1. The van der Waals surface area contributed by atoms with Crippen molar-refractivity contribution in [3.8, 4) is 0 Å². The number of pyridine rings is 1. The molecule has 86 valence electrons. The fraction of sp³-hybridized carbons (Fsp3) is 0.0769. The Morgan fingerprint density at radius 2 is 2.12 bits per heavy atom. The van der Waals surface area contributed by atoms with Crippen molar-refractivity contribution >= 4 is 11.6 Å². The maximum atomic E-state index is 12.6. The first kappa shape index (κ1) is 11.3. The van der Waals surface area contributed by atoms with E-state index in [1.54, 1.807) is 12.1 Å². The second-order valence-corrected chi connectivity index (χ2v) is 3.69. The minimum absolute atomic E-state index is 0.234. The summed E-state index contributed by atoms with van der Waals surface area (Å²) in [4.78, 5) is 15.3. The number of anilines is 1. The highest BCUT2D eigenvalue weighted by molar-refractivity contribution is 6.04. The summed E-state index contributed by atoms with van der Waals surface area (Å²) in [6.45, 7) is 1.91. The van der Waals surface area contributed by atoms with Crippen LogP contribution in [0.3, 0.4) is 0 Å². The molecule has 0 radical (unpaired) electrons.